The molecular weight excluding hydrogens is 275 g/mol. The molecule has 8 heteroatoms. The minimum atomic E-state index is -1.37. The van der Waals surface area contributed by atoms with Crippen molar-refractivity contribution in [3.8, 4) is 5.69 Å². The summed E-state index contributed by atoms with van der Waals surface area (Å²) in [5.74, 6) is -5.26. The second-order valence-corrected chi connectivity index (χ2v) is 4.50. The first kappa shape index (κ1) is 12.6. The van der Waals surface area contributed by atoms with Gasteiger partial charge in [0.15, 0.2) is 17.5 Å². The number of aromatic nitrogens is 3. The van der Waals surface area contributed by atoms with Gasteiger partial charge in [-0.15, -0.1) is 5.10 Å². The summed E-state index contributed by atoms with van der Waals surface area (Å²) in [5, 5.41) is 12.5. The predicted octanol–water partition coefficient (Wildman–Crippen LogP) is 2.26. The summed E-state index contributed by atoms with van der Waals surface area (Å²) in [5.41, 5.74) is -0.356. The van der Waals surface area contributed by atoms with Crippen LogP contribution in [0.3, 0.4) is 0 Å². The van der Waals surface area contributed by atoms with Crippen LogP contribution in [-0.2, 0) is 0 Å². The van der Waals surface area contributed by atoms with Gasteiger partial charge in [-0.25, -0.2) is 27.6 Å². The lowest BCUT2D eigenvalue weighted by Crippen LogP contribution is -2.07. The van der Waals surface area contributed by atoms with E-state index < -0.39 is 29.2 Å². The Balaban J connectivity index is 2.18. The second-order valence-electron chi connectivity index (χ2n) is 4.50. The Morgan fingerprint density at radius 1 is 1.20 bits per heavy atom. The highest BCUT2D eigenvalue weighted by Gasteiger charge is 2.32. The maximum absolute atomic E-state index is 13.7. The topological polar surface area (TPSA) is 68.0 Å². The molecule has 1 aromatic heterocycles. The Morgan fingerprint density at radius 2 is 1.85 bits per heavy atom. The van der Waals surface area contributed by atoms with Gasteiger partial charge >= 0.3 is 5.97 Å². The molecule has 104 valence electrons. The van der Waals surface area contributed by atoms with Gasteiger partial charge in [0.05, 0.1) is 0 Å². The van der Waals surface area contributed by atoms with Gasteiger partial charge in [-0.05, 0) is 12.8 Å². The smallest absolute Gasteiger partial charge is 0.375 e. The zero-order valence-electron chi connectivity index (χ0n) is 9.98. The summed E-state index contributed by atoms with van der Waals surface area (Å²) in [6.07, 6.45) is 1.53. The minimum absolute atomic E-state index is 0.0388. The van der Waals surface area contributed by atoms with E-state index in [1.165, 1.54) is 0 Å². The molecule has 1 N–H and O–H groups in total. The lowest BCUT2D eigenvalue weighted by atomic mass is 10.2. The van der Waals surface area contributed by atoms with E-state index in [2.05, 4.69) is 10.1 Å². The van der Waals surface area contributed by atoms with Gasteiger partial charge in [-0.3, -0.25) is 0 Å². The summed E-state index contributed by atoms with van der Waals surface area (Å²) >= 11 is 0. The quantitative estimate of drug-likeness (QED) is 0.877. The third-order valence-electron chi connectivity index (χ3n) is 2.98. The molecule has 1 heterocycles. The van der Waals surface area contributed by atoms with Crippen molar-refractivity contribution in [2.45, 2.75) is 18.8 Å². The second kappa shape index (κ2) is 4.32. The van der Waals surface area contributed by atoms with Crippen LogP contribution in [0, 0.1) is 17.5 Å². The van der Waals surface area contributed by atoms with E-state index >= 15 is 0 Å². The minimum Gasteiger partial charge on any atom is -0.475 e. The van der Waals surface area contributed by atoms with E-state index in [0.29, 0.717) is 12.1 Å². The van der Waals surface area contributed by atoms with E-state index in [1.54, 1.807) is 0 Å². The number of hydrogen-bond donors (Lipinski definition) is 1. The predicted molar refractivity (Wildman–Crippen MR) is 60.2 cm³/mol. The van der Waals surface area contributed by atoms with Crippen LogP contribution in [0.1, 0.15) is 35.2 Å². The molecule has 3 rings (SSSR count). The molecular formula is C12H8F3N3O2. The molecule has 0 unspecified atom stereocenters. The SMILES string of the molecule is O=C(O)c1nc(C2CC2)n(-c2cc(F)c(F)cc2F)n1. The lowest BCUT2D eigenvalue weighted by molar-refractivity contribution is 0.0683. The van der Waals surface area contributed by atoms with E-state index in [-0.39, 0.29) is 17.4 Å². The molecule has 0 aliphatic heterocycles. The number of carboxylic acids is 1. The van der Waals surface area contributed by atoms with Crippen LogP contribution >= 0.6 is 0 Å². The van der Waals surface area contributed by atoms with Gasteiger partial charge in [0, 0.05) is 18.1 Å². The Bertz CT molecular complexity index is 710. The zero-order chi connectivity index (χ0) is 14.4. The first-order chi connectivity index (χ1) is 9.47. The molecule has 1 saturated carbocycles. The van der Waals surface area contributed by atoms with Gasteiger partial charge in [-0.1, -0.05) is 0 Å². The van der Waals surface area contributed by atoms with E-state index in [4.69, 9.17) is 5.11 Å². The van der Waals surface area contributed by atoms with Crippen LogP contribution in [0.4, 0.5) is 13.2 Å². The highest BCUT2D eigenvalue weighted by Crippen LogP contribution is 2.40. The number of carboxylic acid groups (broad SMARTS) is 1. The summed E-state index contributed by atoms with van der Waals surface area (Å²) in [7, 11) is 0. The number of carbonyl (C=O) groups is 1. The van der Waals surface area contributed by atoms with Crippen molar-refractivity contribution in [3.05, 3.63) is 41.2 Å². The van der Waals surface area contributed by atoms with Crippen LogP contribution in [0.2, 0.25) is 0 Å². The maximum atomic E-state index is 13.7. The van der Waals surface area contributed by atoms with Crippen molar-refractivity contribution in [1.29, 1.82) is 0 Å². The molecule has 1 fully saturated rings. The Labute approximate surface area is 110 Å². The standard InChI is InChI=1S/C12H8F3N3O2/c13-6-3-8(15)9(4-7(6)14)18-11(5-1-2-5)16-10(17-18)12(19)20/h3-5H,1-2H2,(H,19,20). The lowest BCUT2D eigenvalue weighted by Gasteiger charge is -2.06. The largest absolute Gasteiger partial charge is 0.475 e. The van der Waals surface area contributed by atoms with Crippen molar-refractivity contribution in [2.24, 2.45) is 0 Å². The van der Waals surface area contributed by atoms with Crippen LogP contribution < -0.4 is 0 Å². The number of halogens is 3. The molecule has 0 radical (unpaired) electrons. The van der Waals surface area contributed by atoms with Crippen molar-refractivity contribution < 1.29 is 23.1 Å². The van der Waals surface area contributed by atoms with Gasteiger partial charge in [0.25, 0.3) is 5.82 Å². The van der Waals surface area contributed by atoms with Gasteiger partial charge in [-0.2, -0.15) is 0 Å². The number of hydrogen-bond acceptors (Lipinski definition) is 3. The first-order valence-electron chi connectivity index (χ1n) is 5.82. The Hall–Kier alpha value is -2.38. The highest BCUT2D eigenvalue weighted by molar-refractivity contribution is 5.83. The first-order valence-corrected chi connectivity index (χ1v) is 5.82. The van der Waals surface area contributed by atoms with Crippen molar-refractivity contribution in [1.82, 2.24) is 14.8 Å². The van der Waals surface area contributed by atoms with Gasteiger partial charge in [0.1, 0.15) is 11.5 Å². The fourth-order valence-electron chi connectivity index (χ4n) is 1.87. The Morgan fingerprint density at radius 3 is 2.45 bits per heavy atom. The third-order valence-corrected chi connectivity index (χ3v) is 2.98. The molecule has 2 aromatic rings. The number of nitrogens with zero attached hydrogens (tertiary/aromatic N) is 3. The summed E-state index contributed by atoms with van der Waals surface area (Å²) in [4.78, 5) is 14.7. The number of rotatable bonds is 3. The molecule has 20 heavy (non-hydrogen) atoms. The molecule has 5 nitrogen and oxygen atoms in total. The van der Waals surface area contributed by atoms with Gasteiger partial charge in [0.2, 0.25) is 0 Å². The van der Waals surface area contributed by atoms with Crippen LogP contribution in [0.5, 0.6) is 0 Å². The molecule has 1 aliphatic carbocycles. The number of benzene rings is 1. The monoisotopic (exact) mass is 283 g/mol. The van der Waals surface area contributed by atoms with E-state index in [0.717, 1.165) is 17.5 Å². The fraction of sp³-hybridized carbons (Fsp3) is 0.250. The van der Waals surface area contributed by atoms with Crippen molar-refractivity contribution >= 4 is 5.97 Å². The van der Waals surface area contributed by atoms with Crippen molar-refractivity contribution in [2.75, 3.05) is 0 Å². The van der Waals surface area contributed by atoms with E-state index in [9.17, 15) is 18.0 Å². The molecule has 0 atom stereocenters. The highest BCUT2D eigenvalue weighted by atomic mass is 19.2. The summed E-state index contributed by atoms with van der Waals surface area (Å²) in [6.45, 7) is 0. The molecule has 0 saturated heterocycles. The Kier molecular flexibility index (Phi) is 2.73. The summed E-state index contributed by atoms with van der Waals surface area (Å²) < 4.78 is 40.8. The normalized spacial score (nSPS) is 14.6. The average molecular weight is 283 g/mol. The molecule has 0 spiro atoms. The van der Waals surface area contributed by atoms with Crippen molar-refractivity contribution in [3.63, 3.8) is 0 Å². The van der Waals surface area contributed by atoms with Crippen LogP contribution in [-0.4, -0.2) is 25.8 Å². The summed E-state index contributed by atoms with van der Waals surface area (Å²) in [6, 6.07) is 1.03. The fourth-order valence-corrected chi connectivity index (χ4v) is 1.87. The molecule has 0 bridgehead atoms. The van der Waals surface area contributed by atoms with Crippen LogP contribution in [0.25, 0.3) is 5.69 Å². The molecule has 1 aromatic carbocycles. The van der Waals surface area contributed by atoms with Crippen LogP contribution in [0.15, 0.2) is 12.1 Å². The van der Waals surface area contributed by atoms with Gasteiger partial charge < -0.3 is 5.11 Å². The third kappa shape index (κ3) is 2.02. The molecule has 1 aliphatic rings. The molecule has 0 amide bonds. The number of aromatic carboxylic acids is 1. The van der Waals surface area contributed by atoms with E-state index in [1.807, 2.05) is 0 Å². The maximum Gasteiger partial charge on any atom is 0.375 e. The average Bonchev–Trinajstić information content (AvgIpc) is 3.13. The zero-order valence-corrected chi connectivity index (χ0v) is 9.98.